The molecule has 1 amide bonds. The number of hydrogen-bond donors (Lipinski definition) is 0. The molecule has 1 aliphatic rings. The van der Waals surface area contributed by atoms with Gasteiger partial charge in [-0.05, 0) is 24.3 Å². The van der Waals surface area contributed by atoms with E-state index in [2.05, 4.69) is 18.8 Å². The Morgan fingerprint density at radius 2 is 2.20 bits per heavy atom. The number of aromatic nitrogens is 1. The first-order valence-electron chi connectivity index (χ1n) is 6.49. The molecule has 0 spiro atoms. The molecule has 0 N–H and O–H groups in total. The quantitative estimate of drug-likeness (QED) is 0.478. The molecule has 0 bridgehead atoms. The lowest BCUT2D eigenvalue weighted by molar-refractivity contribution is -0.385. The van der Waals surface area contributed by atoms with Gasteiger partial charge < -0.3 is 4.90 Å². The summed E-state index contributed by atoms with van der Waals surface area (Å²) in [7, 11) is 0. The van der Waals surface area contributed by atoms with Crippen molar-refractivity contribution < 1.29 is 9.72 Å². The molecule has 108 valence electrons. The molecule has 2 atom stereocenters. The van der Waals surface area contributed by atoms with Crippen LogP contribution in [0.5, 0.6) is 0 Å². The number of halogens is 1. The summed E-state index contributed by atoms with van der Waals surface area (Å²) in [5.74, 6) is 0.582. The third kappa shape index (κ3) is 2.90. The topological polar surface area (TPSA) is 76.3 Å². The van der Waals surface area contributed by atoms with Crippen LogP contribution in [0.15, 0.2) is 12.3 Å². The molecule has 1 aliphatic heterocycles. The van der Waals surface area contributed by atoms with Gasteiger partial charge in [0.15, 0.2) is 0 Å². The second kappa shape index (κ2) is 5.75. The summed E-state index contributed by atoms with van der Waals surface area (Å²) in [5.41, 5.74) is -0.289. The number of amides is 1. The van der Waals surface area contributed by atoms with Crippen molar-refractivity contribution in [2.75, 3.05) is 13.1 Å². The first-order valence-corrected chi connectivity index (χ1v) is 6.87. The highest BCUT2D eigenvalue weighted by molar-refractivity contribution is 6.29. The van der Waals surface area contributed by atoms with Gasteiger partial charge in [-0.15, -0.1) is 0 Å². The Hall–Kier alpha value is -1.69. The maximum Gasteiger partial charge on any atom is 0.300 e. The van der Waals surface area contributed by atoms with E-state index >= 15 is 0 Å². The zero-order valence-electron chi connectivity index (χ0n) is 11.4. The summed E-state index contributed by atoms with van der Waals surface area (Å²) in [4.78, 5) is 28.2. The fourth-order valence-electron chi connectivity index (χ4n) is 2.36. The largest absolute Gasteiger partial charge is 0.338 e. The van der Waals surface area contributed by atoms with E-state index < -0.39 is 4.92 Å². The Morgan fingerprint density at radius 1 is 1.50 bits per heavy atom. The van der Waals surface area contributed by atoms with E-state index in [4.69, 9.17) is 11.6 Å². The molecule has 1 aromatic heterocycles. The standard InChI is InChI=1S/C13H16ClN3O3/c1-8-3-4-16(7-9(8)2)13(18)10-5-12(14)15-6-11(10)17(19)20/h5-6,8-9H,3-4,7H2,1-2H3. The number of nitrogens with zero attached hydrogens (tertiary/aromatic N) is 3. The van der Waals surface area contributed by atoms with Gasteiger partial charge in [0.2, 0.25) is 0 Å². The molecule has 2 unspecified atom stereocenters. The van der Waals surface area contributed by atoms with E-state index in [9.17, 15) is 14.9 Å². The average molecular weight is 298 g/mol. The molecule has 7 heteroatoms. The van der Waals surface area contributed by atoms with Crippen LogP contribution in [0.4, 0.5) is 5.69 Å². The molecule has 0 aliphatic carbocycles. The Balaban J connectivity index is 2.29. The predicted octanol–water partition coefficient (Wildman–Crippen LogP) is 2.76. The van der Waals surface area contributed by atoms with E-state index in [-0.39, 0.29) is 22.3 Å². The zero-order valence-corrected chi connectivity index (χ0v) is 12.1. The van der Waals surface area contributed by atoms with Gasteiger partial charge >= 0.3 is 0 Å². The molecule has 0 aromatic carbocycles. The number of carbonyl (C=O) groups is 1. The third-order valence-corrected chi connectivity index (χ3v) is 4.10. The first-order chi connectivity index (χ1) is 9.40. The zero-order chi connectivity index (χ0) is 14.9. The lowest BCUT2D eigenvalue weighted by Crippen LogP contribution is -2.42. The normalized spacial score (nSPS) is 22.6. The fourth-order valence-corrected chi connectivity index (χ4v) is 2.52. The van der Waals surface area contributed by atoms with Crippen molar-refractivity contribution in [3.63, 3.8) is 0 Å². The van der Waals surface area contributed by atoms with Crippen LogP contribution in [0.2, 0.25) is 5.15 Å². The van der Waals surface area contributed by atoms with Crippen molar-refractivity contribution in [1.82, 2.24) is 9.88 Å². The molecule has 20 heavy (non-hydrogen) atoms. The Labute approximate surface area is 121 Å². The fraction of sp³-hybridized carbons (Fsp3) is 0.538. The van der Waals surface area contributed by atoms with Crippen LogP contribution in [0.25, 0.3) is 0 Å². The Kier molecular flexibility index (Phi) is 4.23. The molecule has 6 nitrogen and oxygen atoms in total. The smallest absolute Gasteiger partial charge is 0.300 e. The van der Waals surface area contributed by atoms with E-state index in [0.29, 0.717) is 24.9 Å². The molecule has 2 heterocycles. The minimum Gasteiger partial charge on any atom is -0.338 e. The van der Waals surface area contributed by atoms with E-state index in [1.54, 1.807) is 4.90 Å². The molecule has 0 saturated carbocycles. The van der Waals surface area contributed by atoms with Crippen molar-refractivity contribution >= 4 is 23.2 Å². The molecule has 1 aromatic rings. The highest BCUT2D eigenvalue weighted by Crippen LogP contribution is 2.27. The lowest BCUT2D eigenvalue weighted by Gasteiger charge is -2.35. The Bertz CT molecular complexity index is 550. The van der Waals surface area contributed by atoms with Crippen LogP contribution in [0, 0.1) is 22.0 Å². The molecule has 1 fully saturated rings. The summed E-state index contributed by atoms with van der Waals surface area (Å²) in [6.45, 7) is 5.45. The number of carbonyl (C=O) groups excluding carboxylic acids is 1. The van der Waals surface area contributed by atoms with E-state index in [1.807, 2.05) is 0 Å². The van der Waals surface area contributed by atoms with Crippen molar-refractivity contribution in [3.8, 4) is 0 Å². The minimum absolute atomic E-state index is 0.0109. The van der Waals surface area contributed by atoms with Gasteiger partial charge in [0, 0.05) is 13.1 Å². The average Bonchev–Trinajstić information content (AvgIpc) is 2.40. The van der Waals surface area contributed by atoms with Gasteiger partial charge in [-0.3, -0.25) is 14.9 Å². The van der Waals surface area contributed by atoms with Gasteiger partial charge in [-0.25, -0.2) is 4.98 Å². The van der Waals surface area contributed by atoms with Gasteiger partial charge in [-0.1, -0.05) is 25.4 Å². The summed E-state index contributed by atoms with van der Waals surface area (Å²) in [6, 6.07) is 1.27. The number of hydrogen-bond acceptors (Lipinski definition) is 4. The van der Waals surface area contributed by atoms with Crippen molar-refractivity contribution in [1.29, 1.82) is 0 Å². The van der Waals surface area contributed by atoms with Crippen LogP contribution >= 0.6 is 11.6 Å². The van der Waals surface area contributed by atoms with Gasteiger partial charge in [-0.2, -0.15) is 0 Å². The third-order valence-electron chi connectivity index (χ3n) is 3.90. The second-order valence-electron chi connectivity index (χ2n) is 5.28. The van der Waals surface area contributed by atoms with Crippen LogP contribution in [-0.4, -0.2) is 33.8 Å². The van der Waals surface area contributed by atoms with Crippen LogP contribution in [0.3, 0.4) is 0 Å². The monoisotopic (exact) mass is 297 g/mol. The number of likely N-dealkylation sites (tertiary alicyclic amines) is 1. The van der Waals surface area contributed by atoms with Gasteiger partial charge in [0.1, 0.15) is 16.9 Å². The summed E-state index contributed by atoms with van der Waals surface area (Å²) in [6.07, 6.45) is 1.94. The molecule has 2 rings (SSSR count). The van der Waals surface area contributed by atoms with Crippen LogP contribution in [0.1, 0.15) is 30.6 Å². The number of pyridine rings is 1. The molecule has 0 radical (unpaired) electrons. The predicted molar refractivity (Wildman–Crippen MR) is 74.7 cm³/mol. The Morgan fingerprint density at radius 3 is 2.80 bits per heavy atom. The van der Waals surface area contributed by atoms with E-state index in [1.165, 1.54) is 6.07 Å². The van der Waals surface area contributed by atoms with Gasteiger partial charge in [0.25, 0.3) is 11.6 Å². The van der Waals surface area contributed by atoms with E-state index in [0.717, 1.165) is 12.6 Å². The number of piperidine rings is 1. The maximum absolute atomic E-state index is 12.5. The van der Waals surface area contributed by atoms with Gasteiger partial charge in [0.05, 0.1) is 4.92 Å². The maximum atomic E-state index is 12.5. The SMILES string of the molecule is CC1CCN(C(=O)c2cc(Cl)ncc2[N+](=O)[O-])CC1C. The molecular formula is C13H16ClN3O3. The highest BCUT2D eigenvalue weighted by atomic mass is 35.5. The van der Waals surface area contributed by atoms with Crippen molar-refractivity contribution in [2.24, 2.45) is 11.8 Å². The molecular weight excluding hydrogens is 282 g/mol. The van der Waals surface area contributed by atoms with Crippen molar-refractivity contribution in [2.45, 2.75) is 20.3 Å². The van der Waals surface area contributed by atoms with Crippen LogP contribution in [-0.2, 0) is 0 Å². The lowest BCUT2D eigenvalue weighted by atomic mass is 9.88. The second-order valence-corrected chi connectivity index (χ2v) is 5.66. The van der Waals surface area contributed by atoms with Crippen LogP contribution < -0.4 is 0 Å². The summed E-state index contributed by atoms with van der Waals surface area (Å²) >= 11 is 5.75. The first kappa shape index (κ1) is 14.7. The number of rotatable bonds is 2. The van der Waals surface area contributed by atoms with Crippen molar-refractivity contribution in [3.05, 3.63) is 33.1 Å². The molecule has 1 saturated heterocycles. The summed E-state index contributed by atoms with van der Waals surface area (Å²) < 4.78 is 0. The number of nitro groups is 1. The summed E-state index contributed by atoms with van der Waals surface area (Å²) in [5, 5.41) is 11.1. The minimum atomic E-state index is -0.605. The highest BCUT2D eigenvalue weighted by Gasteiger charge is 2.30.